The van der Waals surface area contributed by atoms with Crippen molar-refractivity contribution in [3.8, 4) is 0 Å². The first kappa shape index (κ1) is 46.3. The number of unbranched alkanes of at least 4 members (excludes halogenated alkanes) is 1. The van der Waals surface area contributed by atoms with Crippen LogP contribution < -0.4 is 4.90 Å². The molecule has 0 saturated carbocycles. The van der Waals surface area contributed by atoms with Gasteiger partial charge in [0.2, 0.25) is 15.7 Å². The topological polar surface area (TPSA) is 134 Å². The number of carboxylic acids is 1. The Morgan fingerprint density at radius 2 is 1.60 bits per heavy atom. The molecular weight excluding hydrogens is 779 g/mol. The fourth-order valence-electron chi connectivity index (χ4n) is 8.79. The van der Waals surface area contributed by atoms with Crippen molar-refractivity contribution in [1.29, 1.82) is 0 Å². The van der Waals surface area contributed by atoms with Gasteiger partial charge in [-0.25, -0.2) is 12.7 Å². The van der Waals surface area contributed by atoms with Crippen LogP contribution in [0.3, 0.4) is 0 Å². The third-order valence-electron chi connectivity index (χ3n) is 12.1. The van der Waals surface area contributed by atoms with Gasteiger partial charge in [-0.3, -0.25) is 14.4 Å². The van der Waals surface area contributed by atoms with Crippen molar-refractivity contribution in [2.45, 2.75) is 116 Å². The van der Waals surface area contributed by atoms with Crippen molar-refractivity contribution in [3.05, 3.63) is 101 Å². The van der Waals surface area contributed by atoms with Gasteiger partial charge in [0.15, 0.2) is 11.1 Å². The Labute approximate surface area is 357 Å². The minimum atomic E-state index is -3.87. The third-order valence-corrected chi connectivity index (χ3v) is 13.9. The average Bonchev–Trinajstić information content (AvgIpc) is 3.55. The van der Waals surface area contributed by atoms with E-state index in [0.717, 1.165) is 48.5 Å². The molecule has 2 aromatic rings. The van der Waals surface area contributed by atoms with Crippen LogP contribution >= 0.6 is 0 Å². The quantitative estimate of drug-likeness (QED) is 0.0889. The van der Waals surface area contributed by atoms with Crippen molar-refractivity contribution in [3.63, 3.8) is 0 Å². The lowest BCUT2D eigenvalue weighted by molar-refractivity contribution is -0.438. The van der Waals surface area contributed by atoms with Gasteiger partial charge in [0.1, 0.15) is 6.54 Å². The number of carboxylic acid groups (broad SMARTS) is 1. The number of para-hydroxylation sites is 1. The van der Waals surface area contributed by atoms with E-state index in [4.69, 9.17) is 9.47 Å². The Morgan fingerprint density at radius 1 is 0.883 bits per heavy atom. The first-order valence-electron chi connectivity index (χ1n) is 21.4. The number of benzene rings is 2. The molecule has 0 bridgehead atoms. The highest BCUT2D eigenvalue weighted by molar-refractivity contribution is 7.89. The summed E-state index contributed by atoms with van der Waals surface area (Å²) in [4.78, 5) is 41.1. The highest BCUT2D eigenvalue weighted by Gasteiger charge is 2.50. The van der Waals surface area contributed by atoms with Crippen molar-refractivity contribution < 1.29 is 42.0 Å². The number of hydrogen-bond acceptors (Lipinski definition) is 8. The minimum Gasteiger partial charge on any atom is -0.480 e. The highest BCUT2D eigenvalue weighted by Crippen LogP contribution is 2.49. The summed E-state index contributed by atoms with van der Waals surface area (Å²) < 4.78 is 41.6. The SMILES string of the molecule is CCCC[N+]1=C(/C=C/C2=CC(=C/C=C3/N(CCC)c4ccc(S(=O)(=O)N(C)CCCC(=O)OCC)cc4C3(C)C)/CC(C(=O)O)(C(=O)OCC)C2)C(C)(C)c2ccccc21. The molecule has 1 atom stereocenters. The summed E-state index contributed by atoms with van der Waals surface area (Å²) >= 11 is 0. The number of ether oxygens (including phenoxy) is 2. The van der Waals surface area contributed by atoms with E-state index >= 15 is 0 Å². The lowest BCUT2D eigenvalue weighted by atomic mass is 9.71. The van der Waals surface area contributed by atoms with Gasteiger partial charge >= 0.3 is 17.9 Å². The van der Waals surface area contributed by atoms with Crippen molar-refractivity contribution in [1.82, 2.24) is 4.31 Å². The zero-order valence-electron chi connectivity index (χ0n) is 37.0. The number of rotatable bonds is 18. The Balaban J connectivity index is 1.56. The largest absolute Gasteiger partial charge is 0.480 e. The summed E-state index contributed by atoms with van der Waals surface area (Å²) in [6, 6.07) is 13.7. The second kappa shape index (κ2) is 18.8. The molecule has 5 rings (SSSR count). The van der Waals surface area contributed by atoms with Crippen molar-refractivity contribution in [2.24, 2.45) is 5.41 Å². The summed E-state index contributed by atoms with van der Waals surface area (Å²) in [6.07, 6.45) is 13.2. The molecule has 0 saturated heterocycles. The Morgan fingerprint density at radius 3 is 2.27 bits per heavy atom. The van der Waals surface area contributed by atoms with Gasteiger partial charge in [-0.1, -0.05) is 70.5 Å². The zero-order valence-corrected chi connectivity index (χ0v) is 37.8. The summed E-state index contributed by atoms with van der Waals surface area (Å²) in [7, 11) is -2.35. The molecule has 1 aliphatic carbocycles. The standard InChI is InChI=1S/C48H63N3O8S/c1-10-14-29-51-39-19-16-15-18-37(39)46(5,6)41(51)25-21-34-30-35(33-48(32-34,44(53)54)45(55)59-13-4)22-26-42-47(7,8)38-31-36(23-24-40(38)50(42)27-11-2)60(56,57)49(9)28-17-20-43(52)58-12-3/h15-16,18-19,21-26,30-31H,10-14,17,20,27-29,32-33H2,1-9H3/p+1. The molecule has 0 radical (unpaired) electrons. The predicted molar refractivity (Wildman–Crippen MR) is 236 cm³/mol. The Kier molecular flexibility index (Phi) is 14.5. The Hall–Kier alpha value is -4.81. The highest BCUT2D eigenvalue weighted by atomic mass is 32.2. The maximum atomic E-state index is 13.8. The van der Waals surface area contributed by atoms with Crippen LogP contribution in [-0.2, 0) is 44.7 Å². The lowest BCUT2D eigenvalue weighted by Gasteiger charge is -2.32. The van der Waals surface area contributed by atoms with E-state index in [9.17, 15) is 27.9 Å². The van der Waals surface area contributed by atoms with Gasteiger partial charge in [0, 0.05) is 67.5 Å². The van der Waals surface area contributed by atoms with E-state index in [1.807, 2.05) is 30.4 Å². The number of aliphatic carboxylic acids is 1. The average molecular weight is 843 g/mol. The van der Waals surface area contributed by atoms with Crippen LogP contribution in [0, 0.1) is 5.41 Å². The molecule has 12 heteroatoms. The Bertz CT molecular complexity index is 2250. The number of allylic oxidation sites excluding steroid dienone is 8. The number of sulfonamides is 1. The summed E-state index contributed by atoms with van der Waals surface area (Å²) in [5.41, 5.74) is 4.80. The molecule has 0 fully saturated rings. The monoisotopic (exact) mass is 842 g/mol. The van der Waals surface area contributed by atoms with E-state index in [2.05, 4.69) is 81.4 Å². The van der Waals surface area contributed by atoms with Gasteiger partial charge in [0.05, 0.1) is 23.5 Å². The second-order valence-corrected chi connectivity index (χ2v) is 19.1. The number of nitrogens with zero attached hydrogens (tertiary/aromatic N) is 3. The van der Waals surface area contributed by atoms with Crippen LogP contribution in [0.1, 0.15) is 111 Å². The van der Waals surface area contributed by atoms with Crippen LogP contribution in [0.2, 0.25) is 0 Å². The van der Waals surface area contributed by atoms with Crippen molar-refractivity contribution >= 4 is 45.0 Å². The maximum absolute atomic E-state index is 13.8. The number of carbonyl (C=O) groups is 3. The molecule has 3 aliphatic rings. The minimum absolute atomic E-state index is 0.0192. The molecule has 324 valence electrons. The summed E-state index contributed by atoms with van der Waals surface area (Å²) in [5.74, 6) is -2.35. The van der Waals surface area contributed by atoms with Crippen LogP contribution in [0.4, 0.5) is 11.4 Å². The first-order chi connectivity index (χ1) is 28.4. The fourth-order valence-corrected chi connectivity index (χ4v) is 10.0. The molecule has 2 heterocycles. The van der Waals surface area contributed by atoms with Crippen LogP contribution in [-0.4, -0.2) is 85.9 Å². The fraction of sp³-hybridized carbons (Fsp3) is 0.500. The molecule has 1 N–H and O–H groups in total. The summed E-state index contributed by atoms with van der Waals surface area (Å²) in [5, 5.41) is 10.8. The van der Waals surface area contributed by atoms with E-state index in [0.29, 0.717) is 24.1 Å². The van der Waals surface area contributed by atoms with Gasteiger partial charge in [0.25, 0.3) is 0 Å². The number of anilines is 1. The normalized spacial score (nSPS) is 20.8. The molecule has 2 aliphatic heterocycles. The van der Waals surface area contributed by atoms with E-state index in [-0.39, 0.29) is 55.3 Å². The smallest absolute Gasteiger partial charge is 0.324 e. The summed E-state index contributed by atoms with van der Waals surface area (Å²) in [6.45, 7) is 18.2. The lowest BCUT2D eigenvalue weighted by Crippen LogP contribution is -2.42. The van der Waals surface area contributed by atoms with Gasteiger partial charge in [-0.05, 0) is 94.4 Å². The van der Waals surface area contributed by atoms with Crippen molar-refractivity contribution in [2.75, 3.05) is 44.8 Å². The first-order valence-corrected chi connectivity index (χ1v) is 22.8. The van der Waals surface area contributed by atoms with E-state index in [1.54, 1.807) is 26.0 Å². The number of carbonyl (C=O) groups excluding carboxylic acids is 2. The van der Waals surface area contributed by atoms with Crippen LogP contribution in [0.25, 0.3) is 0 Å². The molecule has 1 unspecified atom stereocenters. The number of esters is 2. The molecule has 0 amide bonds. The molecule has 11 nitrogen and oxygen atoms in total. The molecule has 2 aromatic carbocycles. The predicted octanol–water partition coefficient (Wildman–Crippen LogP) is 8.76. The zero-order chi connectivity index (χ0) is 44.0. The molecule has 60 heavy (non-hydrogen) atoms. The van der Waals surface area contributed by atoms with Crippen LogP contribution in [0.5, 0.6) is 0 Å². The van der Waals surface area contributed by atoms with E-state index < -0.39 is 32.8 Å². The number of hydrogen-bond donors (Lipinski definition) is 1. The second-order valence-electron chi connectivity index (χ2n) is 17.0. The maximum Gasteiger partial charge on any atom is 0.324 e. The van der Waals surface area contributed by atoms with Gasteiger partial charge < -0.3 is 19.5 Å². The van der Waals surface area contributed by atoms with Crippen LogP contribution in [0.15, 0.2) is 94.6 Å². The third kappa shape index (κ3) is 9.10. The van der Waals surface area contributed by atoms with Gasteiger partial charge in [-0.15, -0.1) is 0 Å². The molecular formula is C48H64N3O8S+. The molecule has 0 spiro atoms. The molecule has 0 aromatic heterocycles. The van der Waals surface area contributed by atoms with E-state index in [1.165, 1.54) is 22.6 Å². The van der Waals surface area contributed by atoms with Gasteiger partial charge in [-0.2, -0.15) is 4.58 Å². The number of fused-ring (bicyclic) bond motifs is 2.